The molecule has 2 rings (SSSR count). The first-order valence-electron chi connectivity index (χ1n) is 6.39. The van der Waals surface area contributed by atoms with Crippen LogP contribution in [-0.2, 0) is 16.1 Å². The van der Waals surface area contributed by atoms with Crippen molar-refractivity contribution in [3.63, 3.8) is 0 Å². The largest absolute Gasteiger partial charge is 0.375 e. The van der Waals surface area contributed by atoms with Crippen LogP contribution in [0.15, 0.2) is 30.3 Å². The van der Waals surface area contributed by atoms with E-state index in [1.54, 1.807) is 0 Å². The van der Waals surface area contributed by atoms with Gasteiger partial charge in [-0.3, -0.25) is 0 Å². The first kappa shape index (κ1) is 12.6. The van der Waals surface area contributed by atoms with Gasteiger partial charge in [-0.05, 0) is 24.9 Å². The Hall–Kier alpha value is -0.900. The fourth-order valence-electron chi connectivity index (χ4n) is 2.00. The minimum Gasteiger partial charge on any atom is -0.375 e. The van der Waals surface area contributed by atoms with Gasteiger partial charge in [0.15, 0.2) is 0 Å². The lowest BCUT2D eigenvalue weighted by atomic mass is 10.1. The molecule has 94 valence electrons. The smallest absolute Gasteiger partial charge is 0.0718 e. The molecular weight excluding hydrogens is 214 g/mol. The van der Waals surface area contributed by atoms with Crippen LogP contribution < -0.4 is 5.32 Å². The lowest BCUT2D eigenvalue weighted by Gasteiger charge is -2.22. The van der Waals surface area contributed by atoms with Crippen molar-refractivity contribution in [2.24, 2.45) is 0 Å². The lowest BCUT2D eigenvalue weighted by Crippen LogP contribution is -2.35. The van der Waals surface area contributed by atoms with E-state index in [9.17, 15) is 0 Å². The first-order chi connectivity index (χ1) is 8.45. The summed E-state index contributed by atoms with van der Waals surface area (Å²) in [4.78, 5) is 0. The molecule has 17 heavy (non-hydrogen) atoms. The molecule has 3 heteroatoms. The van der Waals surface area contributed by atoms with Crippen molar-refractivity contribution in [1.29, 1.82) is 0 Å². The first-order valence-corrected chi connectivity index (χ1v) is 6.39. The third-order valence-corrected chi connectivity index (χ3v) is 2.94. The second-order valence-electron chi connectivity index (χ2n) is 4.38. The predicted molar refractivity (Wildman–Crippen MR) is 67.9 cm³/mol. The zero-order valence-electron chi connectivity index (χ0n) is 10.2. The van der Waals surface area contributed by atoms with Gasteiger partial charge in [-0.1, -0.05) is 30.3 Å². The molecular formula is C14H21NO2. The number of nitrogens with one attached hydrogen (secondary N) is 1. The summed E-state index contributed by atoms with van der Waals surface area (Å²) in [5, 5.41) is 3.34. The van der Waals surface area contributed by atoms with Gasteiger partial charge in [0.05, 0.1) is 25.9 Å². The molecule has 0 unspecified atom stereocenters. The van der Waals surface area contributed by atoms with E-state index >= 15 is 0 Å². The normalized spacial score (nSPS) is 20.4. The molecule has 1 fully saturated rings. The van der Waals surface area contributed by atoms with Crippen LogP contribution in [0, 0.1) is 0 Å². The quantitative estimate of drug-likeness (QED) is 0.765. The maximum absolute atomic E-state index is 5.73. The molecule has 0 amide bonds. The van der Waals surface area contributed by atoms with Gasteiger partial charge in [-0.25, -0.2) is 0 Å². The van der Waals surface area contributed by atoms with Crippen molar-refractivity contribution in [3.05, 3.63) is 35.9 Å². The van der Waals surface area contributed by atoms with Crippen molar-refractivity contribution in [1.82, 2.24) is 5.32 Å². The van der Waals surface area contributed by atoms with Crippen molar-refractivity contribution in [3.8, 4) is 0 Å². The van der Waals surface area contributed by atoms with E-state index in [0.29, 0.717) is 25.9 Å². The summed E-state index contributed by atoms with van der Waals surface area (Å²) in [6.45, 7) is 4.15. The highest BCUT2D eigenvalue weighted by molar-refractivity contribution is 5.13. The summed E-state index contributed by atoms with van der Waals surface area (Å²) in [5.74, 6) is 0. The Kier molecular flexibility index (Phi) is 5.49. The zero-order chi connectivity index (χ0) is 11.8. The highest BCUT2D eigenvalue weighted by Crippen LogP contribution is 2.06. The average Bonchev–Trinajstić information content (AvgIpc) is 2.41. The average molecular weight is 235 g/mol. The van der Waals surface area contributed by atoms with E-state index < -0.39 is 0 Å². The molecule has 1 aliphatic rings. The second-order valence-corrected chi connectivity index (χ2v) is 4.38. The van der Waals surface area contributed by atoms with Crippen LogP contribution in [-0.4, -0.2) is 32.4 Å². The van der Waals surface area contributed by atoms with Crippen LogP contribution in [0.3, 0.4) is 0 Å². The molecule has 0 spiro atoms. The number of piperidine rings is 1. The third kappa shape index (κ3) is 4.86. The molecule has 0 saturated carbocycles. The Labute approximate surface area is 103 Å². The van der Waals surface area contributed by atoms with Gasteiger partial charge in [0.25, 0.3) is 0 Å². The number of ether oxygens (including phenoxy) is 2. The lowest BCUT2D eigenvalue weighted by molar-refractivity contribution is -0.00816. The van der Waals surface area contributed by atoms with Crippen molar-refractivity contribution in [2.45, 2.75) is 25.6 Å². The zero-order valence-corrected chi connectivity index (χ0v) is 10.2. The maximum Gasteiger partial charge on any atom is 0.0718 e. The van der Waals surface area contributed by atoms with Crippen LogP contribution in [0.25, 0.3) is 0 Å². The Morgan fingerprint density at radius 3 is 2.82 bits per heavy atom. The summed E-state index contributed by atoms with van der Waals surface area (Å²) < 4.78 is 11.3. The van der Waals surface area contributed by atoms with Gasteiger partial charge in [0.1, 0.15) is 0 Å². The van der Waals surface area contributed by atoms with E-state index in [4.69, 9.17) is 9.47 Å². The molecule has 1 N–H and O–H groups in total. The Morgan fingerprint density at radius 2 is 2.06 bits per heavy atom. The van der Waals surface area contributed by atoms with E-state index in [-0.39, 0.29) is 0 Å². The van der Waals surface area contributed by atoms with Gasteiger partial charge in [-0.2, -0.15) is 0 Å². The van der Waals surface area contributed by atoms with Crippen molar-refractivity contribution >= 4 is 0 Å². The van der Waals surface area contributed by atoms with Crippen LogP contribution in [0.1, 0.15) is 18.4 Å². The molecule has 1 aliphatic heterocycles. The van der Waals surface area contributed by atoms with Crippen LogP contribution in [0.2, 0.25) is 0 Å². The minimum absolute atomic E-state index is 0.379. The van der Waals surface area contributed by atoms with Gasteiger partial charge in [-0.15, -0.1) is 0 Å². The highest BCUT2D eigenvalue weighted by atomic mass is 16.5. The number of rotatable bonds is 6. The highest BCUT2D eigenvalue weighted by Gasteiger charge is 2.12. The Morgan fingerprint density at radius 1 is 1.18 bits per heavy atom. The summed E-state index contributed by atoms with van der Waals surface area (Å²) in [7, 11) is 0. The maximum atomic E-state index is 5.73. The molecule has 1 aromatic rings. The fourth-order valence-corrected chi connectivity index (χ4v) is 2.00. The van der Waals surface area contributed by atoms with Crippen LogP contribution in [0.4, 0.5) is 0 Å². The topological polar surface area (TPSA) is 30.5 Å². The molecule has 0 bridgehead atoms. The molecule has 0 aromatic heterocycles. The molecule has 0 radical (unpaired) electrons. The van der Waals surface area contributed by atoms with Gasteiger partial charge < -0.3 is 14.8 Å². The molecule has 3 nitrogen and oxygen atoms in total. The minimum atomic E-state index is 0.379. The summed E-state index contributed by atoms with van der Waals surface area (Å²) in [6.07, 6.45) is 2.77. The molecule has 1 saturated heterocycles. The number of hydrogen-bond acceptors (Lipinski definition) is 3. The monoisotopic (exact) mass is 235 g/mol. The van der Waals surface area contributed by atoms with E-state index in [1.165, 1.54) is 18.4 Å². The van der Waals surface area contributed by atoms with E-state index in [0.717, 1.165) is 13.1 Å². The predicted octanol–water partition coefficient (Wildman–Crippen LogP) is 1.97. The van der Waals surface area contributed by atoms with E-state index in [2.05, 4.69) is 17.4 Å². The molecule has 0 aliphatic carbocycles. The molecule has 1 atom stereocenters. The molecule has 1 aromatic carbocycles. The Balaban J connectivity index is 1.51. The number of benzene rings is 1. The van der Waals surface area contributed by atoms with Crippen molar-refractivity contribution < 1.29 is 9.47 Å². The van der Waals surface area contributed by atoms with Crippen molar-refractivity contribution in [2.75, 3.05) is 26.3 Å². The summed E-state index contributed by atoms with van der Waals surface area (Å²) >= 11 is 0. The van der Waals surface area contributed by atoms with Crippen LogP contribution in [0.5, 0.6) is 0 Å². The third-order valence-electron chi connectivity index (χ3n) is 2.94. The van der Waals surface area contributed by atoms with Gasteiger partial charge in [0.2, 0.25) is 0 Å². The van der Waals surface area contributed by atoms with Crippen LogP contribution >= 0.6 is 0 Å². The summed E-state index contributed by atoms with van der Waals surface area (Å²) in [5.41, 5.74) is 1.21. The second kappa shape index (κ2) is 7.43. The standard InChI is InChI=1S/C14H21NO2/c1-2-5-13(6-3-1)12-16-9-10-17-14-7-4-8-15-11-14/h1-3,5-6,14-15H,4,7-12H2/t14-/m0/s1. The fraction of sp³-hybridized carbons (Fsp3) is 0.571. The number of hydrogen-bond donors (Lipinski definition) is 1. The van der Waals surface area contributed by atoms with Gasteiger partial charge >= 0.3 is 0 Å². The molecule has 1 heterocycles. The van der Waals surface area contributed by atoms with Gasteiger partial charge in [0, 0.05) is 6.54 Å². The Bertz CT molecular complexity index is 296. The SMILES string of the molecule is c1ccc(COCCO[C@H]2CCCNC2)cc1. The summed E-state index contributed by atoms with van der Waals surface area (Å²) in [6, 6.07) is 10.2. The van der Waals surface area contributed by atoms with E-state index in [1.807, 2.05) is 18.2 Å².